The molecule has 0 N–H and O–H groups in total. The summed E-state index contributed by atoms with van der Waals surface area (Å²) in [5, 5.41) is 0. The Morgan fingerprint density at radius 1 is 1.07 bits per heavy atom. The van der Waals surface area contributed by atoms with Crippen LogP contribution in [0.3, 0.4) is 0 Å². The third-order valence-corrected chi connectivity index (χ3v) is 5.53. The number of sulfonamides is 1. The molecule has 1 aromatic carbocycles. The molecule has 0 aliphatic heterocycles. The highest BCUT2D eigenvalue weighted by Gasteiger charge is 2.40. The second-order valence-electron chi connectivity index (χ2n) is 5.99. The molecule has 12 heteroatoms. The summed E-state index contributed by atoms with van der Waals surface area (Å²) in [6.07, 6.45) is -9.66. The number of hydrogen-bond acceptors (Lipinski definition) is 4. The van der Waals surface area contributed by atoms with Gasteiger partial charge in [-0.15, -0.1) is 0 Å². The number of rotatable bonds is 6. The summed E-state index contributed by atoms with van der Waals surface area (Å²) in [4.78, 5) is 12.4. The molecule has 160 valence electrons. The Kier molecular flexibility index (Phi) is 6.36. The van der Waals surface area contributed by atoms with Crippen LogP contribution >= 0.6 is 0 Å². The fraction of sp³-hybridized carbons (Fsp3) is 0.353. The summed E-state index contributed by atoms with van der Waals surface area (Å²) in [7, 11) is -4.58. The van der Waals surface area contributed by atoms with Crippen LogP contribution in [0.15, 0.2) is 40.8 Å². The van der Waals surface area contributed by atoms with Gasteiger partial charge in [0.1, 0.15) is 12.3 Å². The number of benzene rings is 1. The minimum Gasteiger partial charge on any atom is -0.451 e. The van der Waals surface area contributed by atoms with Crippen molar-refractivity contribution in [3.63, 3.8) is 0 Å². The number of halogens is 6. The Morgan fingerprint density at radius 3 is 2.28 bits per heavy atom. The average Bonchev–Trinajstić information content (AvgIpc) is 3.08. The van der Waals surface area contributed by atoms with Gasteiger partial charge in [-0.2, -0.15) is 26.3 Å². The molecule has 1 aromatic heterocycles. The molecule has 1 heterocycles. The highest BCUT2D eigenvalue weighted by Crippen LogP contribution is 2.33. The summed E-state index contributed by atoms with van der Waals surface area (Å²) in [5.74, 6) is -3.25. The van der Waals surface area contributed by atoms with Gasteiger partial charge in [0.25, 0.3) is 0 Å². The van der Waals surface area contributed by atoms with Gasteiger partial charge in [-0.1, -0.05) is 19.1 Å². The van der Waals surface area contributed by atoms with Crippen molar-refractivity contribution in [2.45, 2.75) is 25.7 Å². The normalized spacial score (nSPS) is 12.8. The molecule has 0 spiro atoms. The highest BCUT2D eigenvalue weighted by molar-refractivity contribution is 7.89. The van der Waals surface area contributed by atoms with E-state index in [4.69, 9.17) is 4.42 Å². The first-order chi connectivity index (χ1) is 13.2. The fourth-order valence-electron chi connectivity index (χ4n) is 2.41. The second-order valence-corrected chi connectivity index (χ2v) is 8.00. The van der Waals surface area contributed by atoms with E-state index in [0.717, 1.165) is 30.3 Å². The van der Waals surface area contributed by atoms with Crippen LogP contribution < -0.4 is 0 Å². The molecule has 0 fully saturated rings. The van der Waals surface area contributed by atoms with E-state index in [0.29, 0.717) is 0 Å². The van der Waals surface area contributed by atoms with Gasteiger partial charge < -0.3 is 4.42 Å². The lowest BCUT2D eigenvalue weighted by molar-refractivity contribution is -0.137. The van der Waals surface area contributed by atoms with Gasteiger partial charge in [-0.3, -0.25) is 4.79 Å². The Bertz CT molecular complexity index is 978. The average molecular weight is 443 g/mol. The minimum atomic E-state index is -4.99. The zero-order valence-corrected chi connectivity index (χ0v) is 15.7. The van der Waals surface area contributed by atoms with Gasteiger partial charge in [-0.25, -0.2) is 12.7 Å². The van der Waals surface area contributed by atoms with Gasteiger partial charge >= 0.3 is 18.3 Å². The van der Waals surface area contributed by atoms with Crippen LogP contribution in [0.1, 0.15) is 29.5 Å². The number of carbonyl (C=O) groups excluding carboxylic acids is 1. The highest BCUT2D eigenvalue weighted by atomic mass is 32.2. The molecule has 5 nitrogen and oxygen atoms in total. The van der Waals surface area contributed by atoms with Crippen molar-refractivity contribution in [1.82, 2.24) is 4.31 Å². The molecule has 0 unspecified atom stereocenters. The molecule has 0 radical (unpaired) electrons. The lowest BCUT2D eigenvalue weighted by Gasteiger charge is -2.22. The van der Waals surface area contributed by atoms with E-state index in [-0.39, 0.29) is 22.0 Å². The van der Waals surface area contributed by atoms with Crippen LogP contribution in [-0.2, 0) is 16.2 Å². The number of furan rings is 1. The van der Waals surface area contributed by atoms with E-state index in [1.807, 2.05) is 0 Å². The Balaban J connectivity index is 2.40. The SMILES string of the molecule is CCCS(=O)(=O)N(CC(F)(F)F)C(=O)c1ccc(-c2cccc(C(F)(F)F)c2)o1. The molecular weight excluding hydrogens is 428 g/mol. The Labute approximate surface area is 162 Å². The summed E-state index contributed by atoms with van der Waals surface area (Å²) >= 11 is 0. The van der Waals surface area contributed by atoms with Crippen molar-refractivity contribution in [3.8, 4) is 11.3 Å². The van der Waals surface area contributed by atoms with Crippen LogP contribution in [0.4, 0.5) is 26.3 Å². The van der Waals surface area contributed by atoms with Crippen molar-refractivity contribution < 1.29 is 44.0 Å². The number of hydrogen-bond donors (Lipinski definition) is 0. The molecule has 0 bridgehead atoms. The number of carbonyl (C=O) groups is 1. The zero-order chi connectivity index (χ0) is 22.0. The molecule has 2 aromatic rings. The van der Waals surface area contributed by atoms with E-state index >= 15 is 0 Å². The van der Waals surface area contributed by atoms with E-state index < -0.39 is 51.9 Å². The summed E-state index contributed by atoms with van der Waals surface area (Å²) in [6, 6.07) is 5.84. The van der Waals surface area contributed by atoms with Crippen LogP contribution in [0.25, 0.3) is 11.3 Å². The lowest BCUT2D eigenvalue weighted by atomic mass is 10.1. The number of nitrogens with zero attached hydrogens (tertiary/aromatic N) is 1. The fourth-order valence-corrected chi connectivity index (χ4v) is 3.83. The lowest BCUT2D eigenvalue weighted by Crippen LogP contribution is -2.44. The van der Waals surface area contributed by atoms with Crippen LogP contribution in [0, 0.1) is 0 Å². The van der Waals surface area contributed by atoms with Crippen molar-refractivity contribution in [2.75, 3.05) is 12.3 Å². The van der Waals surface area contributed by atoms with E-state index in [1.54, 1.807) is 0 Å². The third-order valence-electron chi connectivity index (χ3n) is 3.64. The summed E-state index contributed by atoms with van der Waals surface area (Å²) < 4.78 is 106. The van der Waals surface area contributed by atoms with Crippen LogP contribution in [0.5, 0.6) is 0 Å². The van der Waals surface area contributed by atoms with Gasteiger partial charge in [-0.05, 0) is 30.7 Å². The first-order valence-electron chi connectivity index (χ1n) is 8.13. The molecule has 0 aliphatic carbocycles. The predicted molar refractivity (Wildman–Crippen MR) is 90.3 cm³/mol. The summed E-state index contributed by atoms with van der Waals surface area (Å²) in [5.41, 5.74) is -1.08. The molecule has 1 amide bonds. The van der Waals surface area contributed by atoms with E-state index in [2.05, 4.69) is 0 Å². The molecule has 0 aliphatic rings. The first-order valence-corrected chi connectivity index (χ1v) is 9.74. The molecule has 2 rings (SSSR count). The number of amides is 1. The third kappa shape index (κ3) is 5.75. The maximum atomic E-state index is 12.8. The maximum absolute atomic E-state index is 12.8. The molecular formula is C17H15F6NO4S. The van der Waals surface area contributed by atoms with Crippen molar-refractivity contribution >= 4 is 15.9 Å². The van der Waals surface area contributed by atoms with Gasteiger partial charge in [0.2, 0.25) is 10.0 Å². The van der Waals surface area contributed by atoms with Gasteiger partial charge in [0.05, 0.1) is 11.3 Å². The summed E-state index contributed by atoms with van der Waals surface area (Å²) in [6.45, 7) is -0.639. The zero-order valence-electron chi connectivity index (χ0n) is 14.8. The second kappa shape index (κ2) is 8.09. The largest absolute Gasteiger partial charge is 0.451 e. The first kappa shape index (κ1) is 22.8. The van der Waals surface area contributed by atoms with Crippen molar-refractivity contribution in [2.24, 2.45) is 0 Å². The van der Waals surface area contributed by atoms with Gasteiger partial charge in [0, 0.05) is 5.56 Å². The van der Waals surface area contributed by atoms with Crippen molar-refractivity contribution in [1.29, 1.82) is 0 Å². The molecule has 0 saturated carbocycles. The maximum Gasteiger partial charge on any atom is 0.416 e. The minimum absolute atomic E-state index is 0.0301. The van der Waals surface area contributed by atoms with Crippen molar-refractivity contribution in [3.05, 3.63) is 47.7 Å². The standard InChI is InChI=1S/C17H15F6NO4S/c1-2-8-29(26,27)24(10-16(18,19)20)15(25)14-7-6-13(28-14)11-4-3-5-12(9-11)17(21,22)23/h3-7,9H,2,8,10H2,1H3. The molecule has 29 heavy (non-hydrogen) atoms. The quantitative estimate of drug-likeness (QED) is 0.607. The van der Waals surface area contributed by atoms with E-state index in [1.165, 1.54) is 13.0 Å². The Morgan fingerprint density at radius 2 is 1.72 bits per heavy atom. The molecule has 0 saturated heterocycles. The van der Waals surface area contributed by atoms with Crippen LogP contribution in [0.2, 0.25) is 0 Å². The monoisotopic (exact) mass is 443 g/mol. The molecule has 0 atom stereocenters. The van der Waals surface area contributed by atoms with Gasteiger partial charge in [0.15, 0.2) is 5.76 Å². The predicted octanol–water partition coefficient (Wildman–Crippen LogP) is 4.71. The number of alkyl halides is 6. The van der Waals surface area contributed by atoms with E-state index in [9.17, 15) is 39.6 Å². The topological polar surface area (TPSA) is 67.6 Å². The Hall–Kier alpha value is -2.50. The van der Waals surface area contributed by atoms with Crippen LogP contribution in [-0.4, -0.2) is 37.1 Å². The smallest absolute Gasteiger partial charge is 0.416 e.